The molecule has 0 saturated carbocycles. The highest BCUT2D eigenvalue weighted by Crippen LogP contribution is 2.37. The molecule has 0 bridgehead atoms. The maximum absolute atomic E-state index is 12.9. The van der Waals surface area contributed by atoms with Crippen LogP contribution in [0.15, 0.2) is 42.5 Å². The first-order valence-corrected chi connectivity index (χ1v) is 10.2. The smallest absolute Gasteiger partial charge is 0.267 e. The van der Waals surface area contributed by atoms with Crippen LogP contribution in [-0.4, -0.2) is 19.0 Å². The minimum Gasteiger partial charge on any atom is -0.370 e. The van der Waals surface area contributed by atoms with Crippen LogP contribution in [0.25, 0.3) is 10.1 Å². The number of hydrogen-bond donors (Lipinski definition) is 1. The summed E-state index contributed by atoms with van der Waals surface area (Å²) in [7, 11) is 0. The van der Waals surface area contributed by atoms with E-state index in [1.807, 2.05) is 30.3 Å². The molecule has 1 aromatic heterocycles. The van der Waals surface area contributed by atoms with Gasteiger partial charge < -0.3 is 10.2 Å². The largest absolute Gasteiger partial charge is 0.370 e. The molecular weight excluding hydrogens is 387 g/mol. The maximum Gasteiger partial charge on any atom is 0.267 e. The number of rotatable bonds is 3. The predicted octanol–water partition coefficient (Wildman–Crippen LogP) is 6.45. The number of fused-ring (bicyclic) bond motifs is 1. The van der Waals surface area contributed by atoms with Gasteiger partial charge in [-0.3, -0.25) is 4.79 Å². The third-order valence-electron chi connectivity index (χ3n) is 4.65. The molecule has 1 fully saturated rings. The van der Waals surface area contributed by atoms with Crippen molar-refractivity contribution < 1.29 is 4.79 Å². The van der Waals surface area contributed by atoms with Gasteiger partial charge in [0.1, 0.15) is 4.88 Å². The molecule has 0 aliphatic carbocycles. The average Bonchev–Trinajstić information content (AvgIpc) is 2.99. The third-order valence-corrected chi connectivity index (χ3v) is 6.54. The summed E-state index contributed by atoms with van der Waals surface area (Å²) in [5.41, 5.74) is 1.90. The molecule has 2 aromatic carbocycles. The number of nitrogens with one attached hydrogen (secondary N) is 1. The van der Waals surface area contributed by atoms with Crippen molar-refractivity contribution in [3.8, 4) is 0 Å². The van der Waals surface area contributed by atoms with Crippen LogP contribution in [-0.2, 0) is 0 Å². The molecule has 3 nitrogen and oxygen atoms in total. The molecule has 4 rings (SSSR count). The molecule has 134 valence electrons. The Morgan fingerprint density at radius 1 is 1.04 bits per heavy atom. The number of nitrogens with zero attached hydrogens (tertiary/aromatic N) is 1. The Morgan fingerprint density at radius 2 is 1.81 bits per heavy atom. The van der Waals surface area contributed by atoms with Crippen molar-refractivity contribution in [2.75, 3.05) is 23.3 Å². The van der Waals surface area contributed by atoms with E-state index in [9.17, 15) is 4.79 Å². The van der Waals surface area contributed by atoms with E-state index in [1.165, 1.54) is 30.6 Å². The van der Waals surface area contributed by atoms with E-state index >= 15 is 0 Å². The lowest BCUT2D eigenvalue weighted by Gasteiger charge is -2.30. The van der Waals surface area contributed by atoms with E-state index in [0.717, 1.165) is 34.6 Å². The first-order valence-electron chi connectivity index (χ1n) is 8.66. The lowest BCUT2D eigenvalue weighted by Crippen LogP contribution is -2.30. The predicted molar refractivity (Wildman–Crippen MR) is 112 cm³/mol. The van der Waals surface area contributed by atoms with Gasteiger partial charge in [0, 0.05) is 28.2 Å². The molecule has 1 N–H and O–H groups in total. The van der Waals surface area contributed by atoms with Crippen molar-refractivity contribution in [1.82, 2.24) is 0 Å². The van der Waals surface area contributed by atoms with Gasteiger partial charge in [0.25, 0.3) is 5.91 Å². The van der Waals surface area contributed by atoms with E-state index < -0.39 is 0 Å². The Balaban J connectivity index is 1.64. The zero-order chi connectivity index (χ0) is 18.1. The van der Waals surface area contributed by atoms with Gasteiger partial charge in [-0.1, -0.05) is 41.4 Å². The molecule has 26 heavy (non-hydrogen) atoms. The first kappa shape index (κ1) is 17.7. The molecule has 0 radical (unpaired) electrons. The van der Waals surface area contributed by atoms with E-state index in [1.54, 1.807) is 6.07 Å². The summed E-state index contributed by atoms with van der Waals surface area (Å²) >= 11 is 13.9. The lowest BCUT2D eigenvalue weighted by molar-refractivity contribution is 0.103. The molecule has 1 aliphatic heterocycles. The summed E-state index contributed by atoms with van der Waals surface area (Å²) in [6, 6.07) is 13.4. The molecule has 0 unspecified atom stereocenters. The summed E-state index contributed by atoms with van der Waals surface area (Å²) in [4.78, 5) is 15.7. The Hall–Kier alpha value is -1.75. The van der Waals surface area contributed by atoms with Crippen LogP contribution in [0.4, 0.5) is 11.4 Å². The van der Waals surface area contributed by atoms with Gasteiger partial charge in [0.05, 0.1) is 16.4 Å². The summed E-state index contributed by atoms with van der Waals surface area (Å²) in [6.07, 6.45) is 3.64. The standard InChI is InChI=1S/C20H18Cl2N2OS/c21-13-8-9-14-17(12-13)26-19(18(14)22)20(25)23-15-6-2-3-7-16(15)24-10-4-1-5-11-24/h2-3,6-9,12H,1,4-5,10-11H2,(H,23,25). The first-order chi connectivity index (χ1) is 12.6. The summed E-state index contributed by atoms with van der Waals surface area (Å²) in [6.45, 7) is 2.05. The fourth-order valence-electron chi connectivity index (χ4n) is 3.35. The molecule has 0 atom stereocenters. The Labute approximate surface area is 166 Å². The summed E-state index contributed by atoms with van der Waals surface area (Å²) in [5, 5.41) is 5.03. The van der Waals surface area contributed by atoms with Crippen LogP contribution in [0, 0.1) is 0 Å². The second kappa shape index (κ2) is 7.47. The number of benzene rings is 2. The van der Waals surface area contributed by atoms with Crippen LogP contribution in [0.2, 0.25) is 10.0 Å². The number of piperidine rings is 1. The average molecular weight is 405 g/mol. The normalized spacial score (nSPS) is 14.6. The quantitative estimate of drug-likeness (QED) is 0.543. The van der Waals surface area contributed by atoms with E-state index in [2.05, 4.69) is 16.3 Å². The van der Waals surface area contributed by atoms with E-state index in [4.69, 9.17) is 23.2 Å². The van der Waals surface area contributed by atoms with Gasteiger partial charge in [-0.05, 0) is 43.5 Å². The maximum atomic E-state index is 12.9. The van der Waals surface area contributed by atoms with Gasteiger partial charge in [0.2, 0.25) is 0 Å². The second-order valence-electron chi connectivity index (χ2n) is 6.40. The Morgan fingerprint density at radius 3 is 2.62 bits per heavy atom. The monoisotopic (exact) mass is 404 g/mol. The zero-order valence-electron chi connectivity index (χ0n) is 14.1. The van der Waals surface area contributed by atoms with Crippen molar-refractivity contribution >= 4 is 61.9 Å². The van der Waals surface area contributed by atoms with Crippen LogP contribution in [0.5, 0.6) is 0 Å². The van der Waals surface area contributed by atoms with Crippen LogP contribution >= 0.6 is 34.5 Å². The van der Waals surface area contributed by atoms with Crippen molar-refractivity contribution in [2.45, 2.75) is 19.3 Å². The third kappa shape index (κ3) is 3.41. The fraction of sp³-hybridized carbons (Fsp3) is 0.250. The number of amides is 1. The van der Waals surface area contributed by atoms with Crippen molar-refractivity contribution in [2.24, 2.45) is 0 Å². The number of hydrogen-bond acceptors (Lipinski definition) is 3. The number of halogens is 2. The SMILES string of the molecule is O=C(Nc1ccccc1N1CCCCC1)c1sc2cc(Cl)ccc2c1Cl. The molecular formula is C20H18Cl2N2OS. The van der Waals surface area contributed by atoms with Gasteiger partial charge >= 0.3 is 0 Å². The minimum atomic E-state index is -0.184. The molecule has 0 spiro atoms. The van der Waals surface area contributed by atoms with Gasteiger partial charge in [-0.25, -0.2) is 0 Å². The topological polar surface area (TPSA) is 32.3 Å². The number of thiophene rings is 1. The number of carbonyl (C=O) groups is 1. The zero-order valence-corrected chi connectivity index (χ0v) is 16.4. The minimum absolute atomic E-state index is 0.184. The van der Waals surface area contributed by atoms with Gasteiger partial charge in [-0.15, -0.1) is 11.3 Å². The molecule has 1 amide bonds. The second-order valence-corrected chi connectivity index (χ2v) is 8.27. The molecule has 2 heterocycles. The molecule has 6 heteroatoms. The van der Waals surface area contributed by atoms with Crippen LogP contribution < -0.4 is 10.2 Å². The van der Waals surface area contributed by atoms with Gasteiger partial charge in [0.15, 0.2) is 0 Å². The number of anilines is 2. The molecule has 1 aliphatic rings. The van der Waals surface area contributed by atoms with Crippen LogP contribution in [0.3, 0.4) is 0 Å². The Bertz CT molecular complexity index is 964. The van der Waals surface area contributed by atoms with Crippen LogP contribution in [0.1, 0.15) is 28.9 Å². The van der Waals surface area contributed by atoms with E-state index in [-0.39, 0.29) is 5.91 Å². The van der Waals surface area contributed by atoms with Crippen molar-refractivity contribution in [3.05, 3.63) is 57.4 Å². The number of carbonyl (C=O) groups excluding carboxylic acids is 1. The number of para-hydroxylation sites is 2. The van der Waals surface area contributed by atoms with Crippen molar-refractivity contribution in [3.63, 3.8) is 0 Å². The molecule has 1 saturated heterocycles. The van der Waals surface area contributed by atoms with Crippen molar-refractivity contribution in [1.29, 1.82) is 0 Å². The highest BCUT2D eigenvalue weighted by Gasteiger charge is 2.20. The summed E-state index contributed by atoms with van der Waals surface area (Å²) < 4.78 is 0.914. The van der Waals surface area contributed by atoms with E-state index in [0.29, 0.717) is 14.9 Å². The fourth-order valence-corrected chi connectivity index (χ4v) is 5.04. The summed E-state index contributed by atoms with van der Waals surface area (Å²) in [5.74, 6) is -0.184. The lowest BCUT2D eigenvalue weighted by atomic mass is 10.1. The highest BCUT2D eigenvalue weighted by molar-refractivity contribution is 7.21. The van der Waals surface area contributed by atoms with Gasteiger partial charge in [-0.2, -0.15) is 0 Å². The Kier molecular flexibility index (Phi) is 5.07. The molecule has 3 aromatic rings. The highest BCUT2D eigenvalue weighted by atomic mass is 35.5.